The van der Waals surface area contributed by atoms with Crippen LogP contribution in [0.3, 0.4) is 0 Å². The number of halogens is 2. The number of rotatable bonds is 2. The quantitative estimate of drug-likeness (QED) is 0.486. The van der Waals surface area contributed by atoms with Crippen molar-refractivity contribution < 1.29 is 16.3 Å². The minimum atomic E-state index is 0. The van der Waals surface area contributed by atoms with Crippen LogP contribution in [0.2, 0.25) is 0 Å². The van der Waals surface area contributed by atoms with E-state index in [1.165, 1.54) is 0 Å². The molecule has 0 aromatic rings. The summed E-state index contributed by atoms with van der Waals surface area (Å²) in [4.78, 5) is 0. The second kappa shape index (κ2) is 13.3. The van der Waals surface area contributed by atoms with Crippen LogP contribution in [0, 0.1) is 0 Å². The van der Waals surface area contributed by atoms with E-state index in [0.717, 1.165) is 6.42 Å². The van der Waals surface area contributed by atoms with Gasteiger partial charge >= 0.3 is 49.9 Å². The summed E-state index contributed by atoms with van der Waals surface area (Å²) in [5.41, 5.74) is 0. The normalized spacial score (nSPS) is 18.2. The van der Waals surface area contributed by atoms with Crippen LogP contribution in [0.1, 0.15) is 6.42 Å². The Hall–Kier alpha value is 1.35. The van der Waals surface area contributed by atoms with Gasteiger partial charge in [0.2, 0.25) is 0 Å². The SMILES string of the molecule is N.OCCC1C=CC=C[N-]1.[I][Pt+2][I]. The van der Waals surface area contributed by atoms with Crippen molar-refractivity contribution >= 4 is 38.7 Å². The number of hydrogen-bond acceptors (Lipinski definition) is 2. The summed E-state index contributed by atoms with van der Waals surface area (Å²) in [6.45, 7) is 0.215. The molecule has 1 aliphatic heterocycles. The predicted molar refractivity (Wildman–Crippen MR) is 70.2 cm³/mol. The average molecular weight is 590 g/mol. The molecule has 0 aromatic heterocycles. The Morgan fingerprint density at radius 2 is 2.00 bits per heavy atom. The van der Waals surface area contributed by atoms with Crippen LogP contribution in [0.15, 0.2) is 24.4 Å². The van der Waals surface area contributed by atoms with Crippen LogP contribution in [-0.2, 0) is 11.2 Å². The summed E-state index contributed by atoms with van der Waals surface area (Å²) < 4.78 is 0. The molecule has 1 atom stereocenters. The Balaban J connectivity index is 0. The van der Waals surface area contributed by atoms with Crippen molar-refractivity contribution in [2.75, 3.05) is 6.61 Å². The second-order valence-electron chi connectivity index (χ2n) is 2.00. The first-order valence-corrected chi connectivity index (χ1v) is 16.2. The first-order chi connectivity index (χ1) is 5.85. The average Bonchev–Trinajstić information content (AvgIpc) is 2.08. The summed E-state index contributed by atoms with van der Waals surface area (Å²) in [5.74, 6) is 0. The molecule has 0 saturated heterocycles. The Kier molecular flexibility index (Phi) is 17.2. The Labute approximate surface area is 109 Å². The monoisotopic (exact) mass is 590 g/mol. The van der Waals surface area contributed by atoms with Crippen molar-refractivity contribution in [2.45, 2.75) is 12.5 Å². The number of nitrogens with zero attached hydrogens (tertiary/aromatic N) is 1. The van der Waals surface area contributed by atoms with Crippen LogP contribution in [0.5, 0.6) is 0 Å². The summed E-state index contributed by atoms with van der Waals surface area (Å²) >= 11 is 5.30. The van der Waals surface area contributed by atoms with Gasteiger partial charge < -0.3 is 16.6 Å². The maximum absolute atomic E-state index is 8.50. The van der Waals surface area contributed by atoms with Gasteiger partial charge in [0.05, 0.1) is 0 Å². The van der Waals surface area contributed by atoms with E-state index in [1.807, 2.05) is 18.2 Å². The van der Waals surface area contributed by atoms with Crippen molar-refractivity contribution in [2.24, 2.45) is 0 Å². The van der Waals surface area contributed by atoms with Gasteiger partial charge in [0, 0.05) is 6.61 Å². The van der Waals surface area contributed by atoms with Gasteiger partial charge in [-0.2, -0.15) is 6.20 Å². The maximum atomic E-state index is 8.50. The van der Waals surface area contributed by atoms with Gasteiger partial charge in [-0.15, -0.1) is 0 Å². The molecular formula is C7H13I2N2OPt+. The number of allylic oxidation sites excluding steroid dienone is 2. The molecule has 1 heterocycles. The summed E-state index contributed by atoms with van der Waals surface area (Å²) in [6.07, 6.45) is 8.32. The van der Waals surface area contributed by atoms with Crippen LogP contribution in [-0.4, -0.2) is 17.8 Å². The van der Waals surface area contributed by atoms with Gasteiger partial charge in [0.1, 0.15) is 0 Å². The van der Waals surface area contributed by atoms with Gasteiger partial charge in [0.25, 0.3) is 0 Å². The second-order valence-corrected chi connectivity index (χ2v) is 18.6. The van der Waals surface area contributed by atoms with Crippen LogP contribution in [0.4, 0.5) is 0 Å². The van der Waals surface area contributed by atoms with E-state index in [1.54, 1.807) is 6.20 Å². The molecule has 0 amide bonds. The Bertz CT molecular complexity index is 155. The number of aliphatic hydroxyl groups excluding tert-OH is 1. The zero-order valence-electron chi connectivity index (χ0n) is 6.97. The van der Waals surface area contributed by atoms with E-state index in [-0.39, 0.29) is 18.8 Å². The molecule has 0 aliphatic carbocycles. The topological polar surface area (TPSA) is 69.3 Å². The fourth-order valence-electron chi connectivity index (χ4n) is 0.755. The molecule has 80 valence electrons. The van der Waals surface area contributed by atoms with Crippen molar-refractivity contribution in [1.29, 1.82) is 0 Å². The van der Waals surface area contributed by atoms with Crippen LogP contribution in [0.25, 0.3) is 5.32 Å². The molecule has 1 rings (SSSR count). The third kappa shape index (κ3) is 11.3. The molecule has 13 heavy (non-hydrogen) atoms. The van der Waals surface area contributed by atoms with Crippen molar-refractivity contribution in [1.82, 2.24) is 6.15 Å². The molecular weight excluding hydrogens is 577 g/mol. The molecule has 0 saturated carbocycles. The number of aliphatic hydroxyl groups is 1. The number of hydrogen-bond donors (Lipinski definition) is 2. The van der Waals surface area contributed by atoms with Crippen molar-refractivity contribution in [3.8, 4) is 0 Å². The molecule has 0 spiro atoms. The molecule has 0 bridgehead atoms. The fourth-order valence-corrected chi connectivity index (χ4v) is 0.755. The zero-order chi connectivity index (χ0) is 9.23. The van der Waals surface area contributed by atoms with Crippen molar-refractivity contribution in [3.05, 3.63) is 29.7 Å². The molecule has 3 nitrogen and oxygen atoms in total. The zero-order valence-corrected chi connectivity index (χ0v) is 13.6. The van der Waals surface area contributed by atoms with Crippen LogP contribution >= 0.6 is 38.7 Å². The summed E-state index contributed by atoms with van der Waals surface area (Å²) in [5, 5.41) is 12.6. The standard InChI is InChI=1S/C7H10NO.2HI.H3N.Pt/c9-6-4-7-3-1-2-5-8-7;;;;/h1-3,5,7,9H,4,6H2;2*1H;1H3;/q-1;;;;+4/p-2. The van der Waals surface area contributed by atoms with Gasteiger partial charge in [0.15, 0.2) is 0 Å². The first-order valence-electron chi connectivity index (χ1n) is 3.31. The van der Waals surface area contributed by atoms with Gasteiger partial charge in [-0.25, -0.2) is 0 Å². The van der Waals surface area contributed by atoms with E-state index < -0.39 is 0 Å². The predicted octanol–water partition coefficient (Wildman–Crippen LogP) is 3.13. The van der Waals surface area contributed by atoms with Gasteiger partial charge in [-0.1, -0.05) is 24.3 Å². The molecule has 1 aliphatic rings. The van der Waals surface area contributed by atoms with Crippen LogP contribution < -0.4 is 6.15 Å². The molecule has 0 fully saturated rings. The molecule has 1 unspecified atom stereocenters. The van der Waals surface area contributed by atoms with E-state index in [2.05, 4.69) is 44.0 Å². The molecule has 0 aromatic carbocycles. The fraction of sp³-hybridized carbons (Fsp3) is 0.429. The van der Waals surface area contributed by atoms with E-state index in [0.29, 0.717) is 11.2 Å². The Morgan fingerprint density at radius 3 is 2.38 bits per heavy atom. The molecule has 0 radical (unpaired) electrons. The third-order valence-corrected chi connectivity index (χ3v) is 1.23. The van der Waals surface area contributed by atoms with Crippen molar-refractivity contribution in [3.63, 3.8) is 0 Å². The van der Waals surface area contributed by atoms with Gasteiger partial charge in [-0.05, 0) is 6.42 Å². The molecule has 4 N–H and O–H groups in total. The summed E-state index contributed by atoms with van der Waals surface area (Å²) in [7, 11) is 0. The Morgan fingerprint density at radius 1 is 1.38 bits per heavy atom. The molecule has 6 heteroatoms. The van der Waals surface area contributed by atoms with E-state index in [4.69, 9.17) is 5.11 Å². The first kappa shape index (κ1) is 16.8. The van der Waals surface area contributed by atoms with E-state index >= 15 is 0 Å². The van der Waals surface area contributed by atoms with Gasteiger partial charge in [-0.3, -0.25) is 0 Å². The third-order valence-electron chi connectivity index (χ3n) is 1.23. The minimum absolute atomic E-state index is 0. The summed E-state index contributed by atoms with van der Waals surface area (Å²) in [6, 6.07) is 0.208. The van der Waals surface area contributed by atoms with E-state index in [9.17, 15) is 0 Å².